The minimum absolute atomic E-state index is 0.263. The maximum atomic E-state index is 13.6. The van der Waals surface area contributed by atoms with Gasteiger partial charge in [-0.05, 0) is 36.6 Å². The number of nitrogens with zero attached hydrogens (tertiary/aromatic N) is 2. The molecular weight excluding hydrogens is 382 g/mol. The van der Waals surface area contributed by atoms with Crippen molar-refractivity contribution in [1.82, 2.24) is 14.9 Å². The van der Waals surface area contributed by atoms with Crippen LogP contribution in [-0.2, 0) is 23.3 Å². The Hall–Kier alpha value is -2.70. The summed E-state index contributed by atoms with van der Waals surface area (Å²) in [7, 11) is -1.59. The van der Waals surface area contributed by atoms with E-state index in [9.17, 15) is 8.42 Å². The first kappa shape index (κ1) is 17.2. The lowest BCUT2D eigenvalue weighted by molar-refractivity contribution is 0.503. The molecule has 1 fully saturated rings. The summed E-state index contributed by atoms with van der Waals surface area (Å²) in [6.45, 7) is 0. The Kier molecular flexibility index (Phi) is 3.50. The van der Waals surface area contributed by atoms with Crippen LogP contribution in [0.25, 0.3) is 21.7 Å². The zero-order valence-corrected chi connectivity index (χ0v) is 16.9. The molecule has 4 aromatic rings. The number of aromatic nitrogens is 2. The molecule has 1 N–H and O–H groups in total. The minimum atomic E-state index is -3.68. The number of rotatable bonds is 2. The van der Waals surface area contributed by atoms with Crippen molar-refractivity contribution < 1.29 is 8.42 Å². The summed E-state index contributed by atoms with van der Waals surface area (Å²) in [6, 6.07) is 13.9. The molecule has 6 heteroatoms. The van der Waals surface area contributed by atoms with Gasteiger partial charge in [-0.3, -0.25) is 4.98 Å². The van der Waals surface area contributed by atoms with Crippen molar-refractivity contribution in [1.29, 1.82) is 0 Å². The first-order valence-electron chi connectivity index (χ1n) is 9.99. The third-order valence-electron chi connectivity index (χ3n) is 6.60. The second-order valence-corrected chi connectivity index (χ2v) is 10.1. The van der Waals surface area contributed by atoms with Gasteiger partial charge >= 0.3 is 0 Å². The summed E-state index contributed by atoms with van der Waals surface area (Å²) in [5.41, 5.74) is 3.72. The van der Waals surface area contributed by atoms with Crippen molar-refractivity contribution in [3.63, 3.8) is 0 Å². The Morgan fingerprint density at radius 3 is 2.83 bits per heavy atom. The monoisotopic (exact) mass is 403 g/mol. The van der Waals surface area contributed by atoms with Crippen LogP contribution in [0, 0.1) is 0 Å². The summed E-state index contributed by atoms with van der Waals surface area (Å²) < 4.78 is 29.4. The van der Waals surface area contributed by atoms with Crippen molar-refractivity contribution in [2.75, 3.05) is 0 Å². The van der Waals surface area contributed by atoms with Gasteiger partial charge in [-0.15, -0.1) is 0 Å². The number of sulfone groups is 1. The molecule has 4 heterocycles. The second-order valence-electron chi connectivity index (χ2n) is 8.16. The van der Waals surface area contributed by atoms with Crippen molar-refractivity contribution >= 4 is 31.5 Å². The molecule has 2 atom stereocenters. The number of aryl methyl sites for hydroxylation is 1. The Labute approximate surface area is 169 Å². The number of hydrogen-bond acceptors (Lipinski definition) is 4. The Bertz CT molecular complexity index is 1400. The van der Waals surface area contributed by atoms with Crippen molar-refractivity contribution in [2.24, 2.45) is 7.05 Å². The first-order chi connectivity index (χ1) is 14.0. The Morgan fingerprint density at radius 1 is 1.07 bits per heavy atom. The number of fused-ring (bicyclic) bond motifs is 7. The van der Waals surface area contributed by atoms with Gasteiger partial charge in [0.15, 0.2) is 0 Å². The molecule has 2 unspecified atom stereocenters. The van der Waals surface area contributed by atoms with Crippen LogP contribution >= 0.6 is 0 Å². The highest BCUT2D eigenvalue weighted by atomic mass is 32.2. The smallest absolute Gasteiger partial charge is 0.208 e. The normalized spacial score (nSPS) is 21.0. The number of nitrogens with one attached hydrogen (secondary N) is 1. The molecule has 5 nitrogen and oxygen atoms in total. The van der Waals surface area contributed by atoms with Gasteiger partial charge in [-0.1, -0.05) is 24.3 Å². The topological polar surface area (TPSA) is 64.0 Å². The van der Waals surface area contributed by atoms with Gasteiger partial charge in [0.1, 0.15) is 0 Å². The van der Waals surface area contributed by atoms with Crippen LogP contribution in [0.4, 0.5) is 0 Å². The highest BCUT2D eigenvalue weighted by molar-refractivity contribution is 7.91. The summed E-state index contributed by atoms with van der Waals surface area (Å²) in [5.74, 6) is 0. The van der Waals surface area contributed by atoms with Crippen molar-refractivity contribution in [3.05, 3.63) is 66.1 Å². The van der Waals surface area contributed by atoms with Crippen LogP contribution in [-0.4, -0.2) is 24.0 Å². The van der Waals surface area contributed by atoms with Crippen LogP contribution in [0.2, 0.25) is 0 Å². The first-order valence-corrected chi connectivity index (χ1v) is 11.5. The quantitative estimate of drug-likeness (QED) is 0.551. The molecule has 2 aromatic carbocycles. The average molecular weight is 404 g/mol. The number of pyridine rings is 1. The molecular formula is C23H21N3O2S. The van der Waals surface area contributed by atoms with Gasteiger partial charge < -0.3 is 9.88 Å². The van der Waals surface area contributed by atoms with E-state index in [-0.39, 0.29) is 4.90 Å². The zero-order chi connectivity index (χ0) is 19.8. The molecule has 2 aliphatic heterocycles. The number of benzene rings is 2. The van der Waals surface area contributed by atoms with Crippen LogP contribution in [0.1, 0.15) is 30.1 Å². The fraction of sp³-hybridized carbons (Fsp3) is 0.261. The molecule has 2 bridgehead atoms. The van der Waals surface area contributed by atoms with Crippen LogP contribution in [0.15, 0.2) is 64.6 Å². The van der Waals surface area contributed by atoms with Gasteiger partial charge in [-0.2, -0.15) is 0 Å². The van der Waals surface area contributed by atoms with E-state index in [1.165, 1.54) is 23.9 Å². The predicted octanol–water partition coefficient (Wildman–Crippen LogP) is 3.91. The van der Waals surface area contributed by atoms with Crippen molar-refractivity contribution in [3.8, 4) is 0 Å². The summed E-state index contributed by atoms with van der Waals surface area (Å²) in [6.07, 6.45) is 6.46. The van der Waals surface area contributed by atoms with Gasteiger partial charge in [-0.25, -0.2) is 8.42 Å². The zero-order valence-electron chi connectivity index (χ0n) is 16.1. The van der Waals surface area contributed by atoms with E-state index in [0.717, 1.165) is 29.1 Å². The Morgan fingerprint density at radius 2 is 1.93 bits per heavy atom. The molecule has 29 heavy (non-hydrogen) atoms. The maximum Gasteiger partial charge on any atom is 0.208 e. The Balaban J connectivity index is 1.58. The summed E-state index contributed by atoms with van der Waals surface area (Å²) in [5, 5.41) is 6.28. The molecule has 0 saturated carbocycles. The molecule has 0 spiro atoms. The SMILES string of the molecule is Cn1c2c(c3cc(S(=O)(=O)c4cncc5ccccc45)ccc31)C1CCC(C2)N1. The van der Waals surface area contributed by atoms with Gasteiger partial charge in [0.05, 0.1) is 9.79 Å². The lowest BCUT2D eigenvalue weighted by Crippen LogP contribution is -2.32. The second kappa shape index (κ2) is 5.90. The highest BCUT2D eigenvalue weighted by Crippen LogP contribution is 2.42. The fourth-order valence-corrected chi connectivity index (χ4v) is 6.63. The van der Waals surface area contributed by atoms with E-state index in [0.29, 0.717) is 22.4 Å². The van der Waals surface area contributed by atoms with Gasteiger partial charge in [0.25, 0.3) is 0 Å². The van der Waals surface area contributed by atoms with Gasteiger partial charge in [0, 0.05) is 65.3 Å². The molecule has 2 aromatic heterocycles. The van der Waals surface area contributed by atoms with Crippen LogP contribution in [0.3, 0.4) is 0 Å². The van der Waals surface area contributed by atoms with E-state index >= 15 is 0 Å². The summed E-state index contributed by atoms with van der Waals surface area (Å²) >= 11 is 0. The standard InChI is InChI=1S/C23H21N3O2S/c1-26-20-9-7-16(11-18(20)23-19-8-6-15(25-19)10-21(23)26)29(27,28)22-13-24-12-14-4-2-3-5-17(14)22/h2-5,7,9,11-13,15,19,25H,6,8,10H2,1H3. The van der Waals surface area contributed by atoms with Crippen LogP contribution < -0.4 is 5.32 Å². The largest absolute Gasteiger partial charge is 0.347 e. The highest BCUT2D eigenvalue weighted by Gasteiger charge is 2.36. The lowest BCUT2D eigenvalue weighted by atomic mass is 9.99. The maximum absolute atomic E-state index is 13.6. The molecule has 146 valence electrons. The molecule has 0 aliphatic carbocycles. The summed E-state index contributed by atoms with van der Waals surface area (Å²) in [4.78, 5) is 4.77. The molecule has 0 amide bonds. The fourth-order valence-electron chi connectivity index (χ4n) is 5.18. The van der Waals surface area contributed by atoms with Gasteiger partial charge in [0.2, 0.25) is 9.84 Å². The third-order valence-corrected chi connectivity index (χ3v) is 8.37. The molecule has 0 radical (unpaired) electrons. The molecule has 1 saturated heterocycles. The molecule has 2 aliphatic rings. The third kappa shape index (κ3) is 2.36. The van der Waals surface area contributed by atoms with Crippen LogP contribution in [0.5, 0.6) is 0 Å². The van der Waals surface area contributed by atoms with Crippen molar-refractivity contribution in [2.45, 2.75) is 41.1 Å². The van der Waals surface area contributed by atoms with E-state index in [2.05, 4.69) is 21.9 Å². The van der Waals surface area contributed by atoms with E-state index < -0.39 is 9.84 Å². The van der Waals surface area contributed by atoms with E-state index in [1.807, 2.05) is 36.4 Å². The average Bonchev–Trinajstić information content (AvgIpc) is 3.26. The van der Waals surface area contributed by atoms with E-state index in [4.69, 9.17) is 0 Å². The number of hydrogen-bond donors (Lipinski definition) is 1. The lowest BCUT2D eigenvalue weighted by Gasteiger charge is -2.23. The predicted molar refractivity (Wildman–Crippen MR) is 113 cm³/mol. The minimum Gasteiger partial charge on any atom is -0.347 e. The molecule has 6 rings (SSSR count). The van der Waals surface area contributed by atoms with E-state index in [1.54, 1.807) is 12.3 Å².